The topological polar surface area (TPSA) is 32.3 Å². The van der Waals surface area contributed by atoms with E-state index in [1.807, 2.05) is 0 Å². The molecule has 0 saturated carbocycles. The first-order chi connectivity index (χ1) is 6.75. The Labute approximate surface area is 82.8 Å². The molecule has 1 aliphatic rings. The Morgan fingerprint density at radius 1 is 1.57 bits per heavy atom. The lowest BCUT2D eigenvalue weighted by molar-refractivity contribution is 0.136. The molecule has 1 aromatic rings. The highest BCUT2D eigenvalue weighted by atomic mass is 19.1. The highest BCUT2D eigenvalue weighted by Crippen LogP contribution is 2.22. The summed E-state index contributed by atoms with van der Waals surface area (Å²) >= 11 is 0. The molecule has 1 aromatic carbocycles. The maximum absolute atomic E-state index is 12.8. The average molecular weight is 195 g/mol. The summed E-state index contributed by atoms with van der Waals surface area (Å²) in [4.78, 5) is 0. The molecule has 1 saturated heterocycles. The smallest absolute Gasteiger partial charge is 0.123 e. The second kappa shape index (κ2) is 4.07. The number of rotatable bonds is 3. The van der Waals surface area contributed by atoms with Crippen molar-refractivity contribution in [2.45, 2.75) is 25.0 Å². The van der Waals surface area contributed by atoms with E-state index in [4.69, 9.17) is 0 Å². The van der Waals surface area contributed by atoms with Crippen molar-refractivity contribution >= 4 is 0 Å². The van der Waals surface area contributed by atoms with Crippen LogP contribution in [0.2, 0.25) is 0 Å². The predicted molar refractivity (Wildman–Crippen MR) is 52.4 cm³/mol. The Morgan fingerprint density at radius 3 is 2.93 bits per heavy atom. The van der Waals surface area contributed by atoms with E-state index in [0.717, 1.165) is 13.0 Å². The summed E-state index contributed by atoms with van der Waals surface area (Å²) in [6.07, 6.45) is 1.22. The van der Waals surface area contributed by atoms with Crippen LogP contribution in [-0.4, -0.2) is 17.7 Å². The molecule has 0 spiro atoms. The van der Waals surface area contributed by atoms with Gasteiger partial charge in [0.25, 0.3) is 0 Å². The van der Waals surface area contributed by atoms with E-state index in [1.165, 1.54) is 12.1 Å². The molecule has 76 valence electrons. The van der Waals surface area contributed by atoms with Crippen LogP contribution in [0.25, 0.3) is 0 Å². The van der Waals surface area contributed by atoms with Gasteiger partial charge < -0.3 is 10.4 Å². The van der Waals surface area contributed by atoms with Gasteiger partial charge in [-0.3, -0.25) is 0 Å². The summed E-state index contributed by atoms with van der Waals surface area (Å²) in [6.45, 7) is 1.03. The number of benzene rings is 1. The molecule has 2 unspecified atom stereocenters. The molecule has 0 amide bonds. The predicted octanol–water partition coefficient (Wildman–Crippen LogP) is 1.61. The highest BCUT2D eigenvalue weighted by Gasteiger charge is 2.20. The maximum atomic E-state index is 12.8. The summed E-state index contributed by atoms with van der Waals surface area (Å²) in [6, 6.07) is 6.56. The first-order valence-corrected chi connectivity index (χ1v) is 4.92. The largest absolute Gasteiger partial charge is 0.388 e. The minimum atomic E-state index is -0.552. The van der Waals surface area contributed by atoms with Crippen LogP contribution in [0.1, 0.15) is 24.5 Å². The molecular weight excluding hydrogens is 181 g/mol. The minimum Gasteiger partial charge on any atom is -0.388 e. The van der Waals surface area contributed by atoms with Gasteiger partial charge in [0.2, 0.25) is 0 Å². The van der Waals surface area contributed by atoms with Crippen molar-refractivity contribution in [3.05, 3.63) is 35.6 Å². The summed E-state index contributed by atoms with van der Waals surface area (Å²) < 4.78 is 12.8. The van der Waals surface area contributed by atoms with Crippen LogP contribution in [-0.2, 0) is 0 Å². The summed E-state index contributed by atoms with van der Waals surface area (Å²) in [5, 5.41) is 13.0. The van der Waals surface area contributed by atoms with E-state index in [0.29, 0.717) is 18.0 Å². The van der Waals surface area contributed by atoms with E-state index in [9.17, 15) is 9.50 Å². The van der Waals surface area contributed by atoms with Gasteiger partial charge in [-0.2, -0.15) is 0 Å². The Balaban J connectivity index is 1.98. The van der Waals surface area contributed by atoms with Crippen LogP contribution in [0, 0.1) is 5.82 Å². The fourth-order valence-corrected chi connectivity index (χ4v) is 1.67. The van der Waals surface area contributed by atoms with Gasteiger partial charge in [0.15, 0.2) is 0 Å². The average Bonchev–Trinajstić information content (AvgIpc) is 2.11. The highest BCUT2D eigenvalue weighted by molar-refractivity contribution is 5.19. The van der Waals surface area contributed by atoms with Crippen LogP contribution in [0.4, 0.5) is 4.39 Å². The summed E-state index contributed by atoms with van der Waals surface area (Å²) in [5.74, 6) is -0.289. The molecule has 0 radical (unpaired) electrons. The molecule has 1 aliphatic heterocycles. The van der Waals surface area contributed by atoms with Crippen molar-refractivity contribution in [2.75, 3.05) is 6.54 Å². The van der Waals surface area contributed by atoms with Crippen LogP contribution >= 0.6 is 0 Å². The van der Waals surface area contributed by atoms with E-state index in [1.54, 1.807) is 12.1 Å². The Bertz CT molecular complexity index is 312. The lowest BCUT2D eigenvalue weighted by Crippen LogP contribution is -2.43. The quantitative estimate of drug-likeness (QED) is 0.768. The van der Waals surface area contributed by atoms with Crippen molar-refractivity contribution in [3.63, 3.8) is 0 Å². The van der Waals surface area contributed by atoms with Crippen molar-refractivity contribution in [2.24, 2.45) is 0 Å². The SMILES string of the molecule is OC(CC1CCN1)c1cccc(F)c1. The van der Waals surface area contributed by atoms with Crippen molar-refractivity contribution in [1.29, 1.82) is 0 Å². The molecule has 0 aliphatic carbocycles. The van der Waals surface area contributed by atoms with Crippen LogP contribution < -0.4 is 5.32 Å². The van der Waals surface area contributed by atoms with E-state index >= 15 is 0 Å². The van der Waals surface area contributed by atoms with Gasteiger partial charge in [-0.05, 0) is 37.1 Å². The zero-order valence-electron chi connectivity index (χ0n) is 7.91. The monoisotopic (exact) mass is 195 g/mol. The first-order valence-electron chi connectivity index (χ1n) is 4.92. The molecule has 2 rings (SSSR count). The van der Waals surface area contributed by atoms with Gasteiger partial charge in [-0.25, -0.2) is 4.39 Å². The lowest BCUT2D eigenvalue weighted by atomic mass is 9.96. The third kappa shape index (κ3) is 2.11. The Hall–Kier alpha value is -0.930. The Kier molecular flexibility index (Phi) is 2.79. The second-order valence-electron chi connectivity index (χ2n) is 3.75. The molecule has 2 nitrogen and oxygen atoms in total. The number of aliphatic hydroxyl groups excluding tert-OH is 1. The van der Waals surface area contributed by atoms with Gasteiger partial charge in [0.05, 0.1) is 6.10 Å². The van der Waals surface area contributed by atoms with Gasteiger partial charge >= 0.3 is 0 Å². The fraction of sp³-hybridized carbons (Fsp3) is 0.455. The molecule has 0 aromatic heterocycles. The minimum absolute atomic E-state index is 0.289. The zero-order chi connectivity index (χ0) is 9.97. The van der Waals surface area contributed by atoms with E-state index < -0.39 is 6.10 Å². The van der Waals surface area contributed by atoms with E-state index in [2.05, 4.69) is 5.32 Å². The lowest BCUT2D eigenvalue weighted by Gasteiger charge is -2.29. The first kappa shape index (κ1) is 9.62. The van der Waals surface area contributed by atoms with Crippen molar-refractivity contribution in [3.8, 4) is 0 Å². The van der Waals surface area contributed by atoms with E-state index in [-0.39, 0.29) is 5.82 Å². The van der Waals surface area contributed by atoms with Crippen molar-refractivity contribution in [1.82, 2.24) is 5.32 Å². The van der Waals surface area contributed by atoms with Crippen LogP contribution in [0.5, 0.6) is 0 Å². The normalized spacial score (nSPS) is 22.9. The molecule has 1 heterocycles. The molecular formula is C11H14FNO. The van der Waals surface area contributed by atoms with Gasteiger partial charge in [0.1, 0.15) is 5.82 Å². The fourth-order valence-electron chi connectivity index (χ4n) is 1.67. The number of hydrogen-bond acceptors (Lipinski definition) is 2. The Morgan fingerprint density at radius 2 is 2.36 bits per heavy atom. The van der Waals surface area contributed by atoms with Crippen LogP contribution in [0.3, 0.4) is 0 Å². The van der Waals surface area contributed by atoms with Crippen LogP contribution in [0.15, 0.2) is 24.3 Å². The molecule has 14 heavy (non-hydrogen) atoms. The summed E-state index contributed by atoms with van der Waals surface area (Å²) in [5.41, 5.74) is 0.665. The van der Waals surface area contributed by atoms with Gasteiger partial charge in [-0.15, -0.1) is 0 Å². The maximum Gasteiger partial charge on any atom is 0.123 e. The second-order valence-corrected chi connectivity index (χ2v) is 3.75. The molecule has 0 bridgehead atoms. The number of nitrogens with one attached hydrogen (secondary N) is 1. The molecule has 3 heteroatoms. The molecule has 2 atom stereocenters. The third-order valence-electron chi connectivity index (χ3n) is 2.67. The van der Waals surface area contributed by atoms with Gasteiger partial charge in [-0.1, -0.05) is 12.1 Å². The standard InChI is InChI=1S/C11H14FNO/c12-9-3-1-2-8(6-9)11(14)7-10-4-5-13-10/h1-3,6,10-11,13-14H,4-5,7H2. The number of aliphatic hydroxyl groups is 1. The zero-order valence-corrected chi connectivity index (χ0v) is 7.91. The molecule has 2 N–H and O–H groups in total. The van der Waals surface area contributed by atoms with Crippen molar-refractivity contribution < 1.29 is 9.50 Å². The number of hydrogen-bond donors (Lipinski definition) is 2. The van der Waals surface area contributed by atoms with Gasteiger partial charge in [0, 0.05) is 6.04 Å². The third-order valence-corrected chi connectivity index (χ3v) is 2.67. The molecule has 1 fully saturated rings. The summed E-state index contributed by atoms with van der Waals surface area (Å²) in [7, 11) is 0. The number of halogens is 1.